The summed E-state index contributed by atoms with van der Waals surface area (Å²) in [5, 5.41) is 7.09. The molecular formula is C19H26N4O2S. The molecule has 26 heavy (non-hydrogen) atoms. The van der Waals surface area contributed by atoms with Gasteiger partial charge in [-0.2, -0.15) is 0 Å². The van der Waals surface area contributed by atoms with E-state index in [0.29, 0.717) is 0 Å². The van der Waals surface area contributed by atoms with Crippen LogP contribution in [0, 0.1) is 13.8 Å². The number of amides is 2. The Morgan fingerprint density at radius 2 is 2.04 bits per heavy atom. The Morgan fingerprint density at radius 1 is 1.23 bits per heavy atom. The van der Waals surface area contributed by atoms with Crippen LogP contribution in [0.1, 0.15) is 23.4 Å². The minimum absolute atomic E-state index is 0.0225. The van der Waals surface area contributed by atoms with Crippen LogP contribution in [0.25, 0.3) is 0 Å². The zero-order chi connectivity index (χ0) is 18.5. The SMILES string of the molecule is CSc1ccccc1NC(=O)N1CCCN(Cc2c(C)noc2C)CC1. The van der Waals surface area contributed by atoms with Gasteiger partial charge in [0, 0.05) is 43.2 Å². The van der Waals surface area contributed by atoms with E-state index >= 15 is 0 Å². The van der Waals surface area contributed by atoms with Crippen molar-refractivity contribution in [3.63, 3.8) is 0 Å². The summed E-state index contributed by atoms with van der Waals surface area (Å²) in [4.78, 5) is 18.0. The normalized spacial score (nSPS) is 15.7. The third-order valence-corrected chi connectivity index (χ3v) is 5.58. The smallest absolute Gasteiger partial charge is 0.321 e. The number of urea groups is 1. The van der Waals surface area contributed by atoms with Gasteiger partial charge in [0.1, 0.15) is 5.76 Å². The lowest BCUT2D eigenvalue weighted by Crippen LogP contribution is -2.38. The molecule has 0 atom stereocenters. The van der Waals surface area contributed by atoms with Gasteiger partial charge in [0.05, 0.1) is 11.4 Å². The number of carbonyl (C=O) groups excluding carboxylic acids is 1. The van der Waals surface area contributed by atoms with Crippen molar-refractivity contribution in [3.8, 4) is 0 Å². The molecular weight excluding hydrogens is 348 g/mol. The second-order valence-corrected chi connectivity index (χ2v) is 7.40. The molecule has 140 valence electrons. The summed E-state index contributed by atoms with van der Waals surface area (Å²) in [6, 6.07) is 7.88. The average molecular weight is 375 g/mol. The van der Waals surface area contributed by atoms with Crippen LogP contribution in [0.2, 0.25) is 0 Å². The van der Waals surface area contributed by atoms with E-state index in [9.17, 15) is 4.79 Å². The predicted octanol–water partition coefficient (Wildman–Crippen LogP) is 3.75. The van der Waals surface area contributed by atoms with Crippen LogP contribution in [0.4, 0.5) is 10.5 Å². The second kappa shape index (κ2) is 8.60. The van der Waals surface area contributed by atoms with Crippen LogP contribution < -0.4 is 5.32 Å². The monoisotopic (exact) mass is 374 g/mol. The highest BCUT2D eigenvalue weighted by Gasteiger charge is 2.21. The van der Waals surface area contributed by atoms with Crippen LogP contribution in [0.5, 0.6) is 0 Å². The highest BCUT2D eigenvalue weighted by molar-refractivity contribution is 7.98. The van der Waals surface area contributed by atoms with E-state index in [4.69, 9.17) is 4.52 Å². The van der Waals surface area contributed by atoms with Gasteiger partial charge < -0.3 is 14.7 Å². The van der Waals surface area contributed by atoms with Gasteiger partial charge in [-0.05, 0) is 38.7 Å². The summed E-state index contributed by atoms with van der Waals surface area (Å²) in [7, 11) is 0. The zero-order valence-corrected chi connectivity index (χ0v) is 16.4. The maximum absolute atomic E-state index is 12.7. The van der Waals surface area contributed by atoms with E-state index in [1.54, 1.807) is 11.8 Å². The standard InChI is InChI=1S/C19H26N4O2S/c1-14-16(15(2)25-21-14)13-22-9-6-10-23(12-11-22)19(24)20-17-7-4-5-8-18(17)26-3/h4-5,7-8H,6,9-13H2,1-3H3,(H,20,24). The van der Waals surface area contributed by atoms with Crippen molar-refractivity contribution in [2.45, 2.75) is 31.7 Å². The molecule has 6 nitrogen and oxygen atoms in total. The summed E-state index contributed by atoms with van der Waals surface area (Å²) in [6.45, 7) is 8.06. The maximum atomic E-state index is 12.7. The minimum atomic E-state index is -0.0225. The number of nitrogens with zero attached hydrogens (tertiary/aromatic N) is 3. The number of nitrogens with one attached hydrogen (secondary N) is 1. The van der Waals surface area contributed by atoms with Gasteiger partial charge >= 0.3 is 6.03 Å². The van der Waals surface area contributed by atoms with Crippen LogP contribution in [0.15, 0.2) is 33.7 Å². The molecule has 0 radical (unpaired) electrons. The molecule has 3 rings (SSSR count). The average Bonchev–Trinajstić information content (AvgIpc) is 2.85. The summed E-state index contributed by atoms with van der Waals surface area (Å²) in [5.41, 5.74) is 2.99. The number of aryl methyl sites for hydroxylation is 2. The van der Waals surface area contributed by atoms with E-state index in [1.165, 1.54) is 0 Å². The van der Waals surface area contributed by atoms with Gasteiger partial charge in [-0.3, -0.25) is 4.90 Å². The van der Waals surface area contributed by atoms with Gasteiger partial charge in [-0.15, -0.1) is 11.8 Å². The topological polar surface area (TPSA) is 61.6 Å². The zero-order valence-electron chi connectivity index (χ0n) is 15.6. The van der Waals surface area contributed by atoms with Gasteiger partial charge in [0.2, 0.25) is 0 Å². The van der Waals surface area contributed by atoms with Crippen molar-refractivity contribution in [2.75, 3.05) is 37.8 Å². The van der Waals surface area contributed by atoms with Crippen molar-refractivity contribution in [1.29, 1.82) is 0 Å². The molecule has 1 aliphatic heterocycles. The van der Waals surface area contributed by atoms with E-state index in [1.807, 2.05) is 49.3 Å². The minimum Gasteiger partial charge on any atom is -0.361 e. The van der Waals surface area contributed by atoms with E-state index < -0.39 is 0 Å². The molecule has 0 saturated carbocycles. The Balaban J connectivity index is 1.58. The molecule has 1 N–H and O–H groups in total. The number of hydrogen-bond acceptors (Lipinski definition) is 5. The number of para-hydroxylation sites is 1. The Morgan fingerprint density at radius 3 is 2.77 bits per heavy atom. The van der Waals surface area contributed by atoms with E-state index in [2.05, 4.69) is 15.4 Å². The van der Waals surface area contributed by atoms with Crippen molar-refractivity contribution in [3.05, 3.63) is 41.3 Å². The molecule has 1 aromatic heterocycles. The first-order valence-corrected chi connectivity index (χ1v) is 10.1. The third-order valence-electron chi connectivity index (χ3n) is 4.79. The van der Waals surface area contributed by atoms with Crippen LogP contribution in [0.3, 0.4) is 0 Å². The Kier molecular flexibility index (Phi) is 6.21. The molecule has 2 aromatic rings. The van der Waals surface area contributed by atoms with E-state index in [-0.39, 0.29) is 6.03 Å². The summed E-state index contributed by atoms with van der Waals surface area (Å²) in [6.07, 6.45) is 2.98. The molecule has 0 aliphatic carbocycles. The number of rotatable bonds is 4. The number of aromatic nitrogens is 1. The molecule has 2 heterocycles. The van der Waals surface area contributed by atoms with Gasteiger partial charge in [0.25, 0.3) is 0 Å². The Bertz CT molecular complexity index is 742. The number of benzene rings is 1. The fourth-order valence-electron chi connectivity index (χ4n) is 3.23. The second-order valence-electron chi connectivity index (χ2n) is 6.55. The lowest BCUT2D eigenvalue weighted by molar-refractivity contribution is 0.211. The van der Waals surface area contributed by atoms with Crippen molar-refractivity contribution >= 4 is 23.5 Å². The van der Waals surface area contributed by atoms with Crippen molar-refractivity contribution in [2.24, 2.45) is 0 Å². The number of anilines is 1. The van der Waals surface area contributed by atoms with Gasteiger partial charge in [-0.25, -0.2) is 4.79 Å². The van der Waals surface area contributed by atoms with E-state index in [0.717, 1.165) is 66.7 Å². The predicted molar refractivity (Wildman–Crippen MR) is 105 cm³/mol. The lowest BCUT2D eigenvalue weighted by atomic mass is 10.2. The molecule has 0 unspecified atom stereocenters. The summed E-state index contributed by atoms with van der Waals surface area (Å²) >= 11 is 1.64. The third kappa shape index (κ3) is 4.40. The number of hydrogen-bond donors (Lipinski definition) is 1. The molecule has 7 heteroatoms. The fraction of sp³-hybridized carbons (Fsp3) is 0.474. The molecule has 0 spiro atoms. The first-order valence-electron chi connectivity index (χ1n) is 8.91. The van der Waals surface area contributed by atoms with Crippen molar-refractivity contribution in [1.82, 2.24) is 15.0 Å². The van der Waals surface area contributed by atoms with Crippen LogP contribution in [-0.4, -0.2) is 53.4 Å². The molecule has 1 saturated heterocycles. The molecule has 1 aromatic carbocycles. The highest BCUT2D eigenvalue weighted by atomic mass is 32.2. The van der Waals surface area contributed by atoms with Crippen molar-refractivity contribution < 1.29 is 9.32 Å². The summed E-state index contributed by atoms with van der Waals surface area (Å²) < 4.78 is 5.26. The Labute approximate surface area is 158 Å². The lowest BCUT2D eigenvalue weighted by Gasteiger charge is -2.22. The first-order chi connectivity index (χ1) is 12.6. The Hall–Kier alpha value is -1.99. The molecule has 2 amide bonds. The molecule has 1 aliphatic rings. The van der Waals surface area contributed by atoms with Crippen LogP contribution in [-0.2, 0) is 6.54 Å². The molecule has 0 bridgehead atoms. The maximum Gasteiger partial charge on any atom is 0.321 e. The van der Waals surface area contributed by atoms with Gasteiger partial charge in [-0.1, -0.05) is 17.3 Å². The van der Waals surface area contributed by atoms with Gasteiger partial charge in [0.15, 0.2) is 0 Å². The highest BCUT2D eigenvalue weighted by Crippen LogP contribution is 2.25. The largest absolute Gasteiger partial charge is 0.361 e. The first kappa shape index (κ1) is 18.8. The number of thioether (sulfide) groups is 1. The fourth-order valence-corrected chi connectivity index (χ4v) is 3.78. The van der Waals surface area contributed by atoms with Crippen LogP contribution >= 0.6 is 11.8 Å². The quantitative estimate of drug-likeness (QED) is 0.826. The number of carbonyl (C=O) groups is 1. The summed E-state index contributed by atoms with van der Waals surface area (Å²) in [5.74, 6) is 0.884. The molecule has 1 fully saturated rings.